The Morgan fingerprint density at radius 1 is 1.29 bits per heavy atom. The summed E-state index contributed by atoms with van der Waals surface area (Å²) in [6, 6.07) is 4.05. The third kappa shape index (κ3) is 4.80. The first-order valence-corrected chi connectivity index (χ1v) is 8.43. The van der Waals surface area contributed by atoms with E-state index in [0.717, 1.165) is 28.8 Å². The smallest absolute Gasteiger partial charge is 0.305 e. The van der Waals surface area contributed by atoms with E-state index in [1.807, 2.05) is 37.0 Å². The molecule has 0 unspecified atom stereocenters. The second-order valence-electron chi connectivity index (χ2n) is 4.93. The van der Waals surface area contributed by atoms with Crippen LogP contribution in [0.1, 0.15) is 6.42 Å². The van der Waals surface area contributed by atoms with E-state index in [1.165, 1.54) is 0 Å². The summed E-state index contributed by atoms with van der Waals surface area (Å²) in [4.78, 5) is 20.7. The van der Waals surface area contributed by atoms with E-state index in [4.69, 9.17) is 5.11 Å². The van der Waals surface area contributed by atoms with Crippen LogP contribution in [0.15, 0.2) is 22.9 Å². The number of thiophene rings is 1. The Kier molecular flexibility index (Phi) is 5.72. The predicted molar refractivity (Wildman–Crippen MR) is 88.4 cm³/mol. The fourth-order valence-corrected chi connectivity index (χ4v) is 3.44. The lowest BCUT2D eigenvalue weighted by molar-refractivity contribution is -0.136. The maximum Gasteiger partial charge on any atom is 0.305 e. The maximum atomic E-state index is 10.8. The number of aliphatic carboxylic acids is 1. The summed E-state index contributed by atoms with van der Waals surface area (Å²) in [7, 11) is 4.02. The predicted octanol–water partition coefficient (Wildman–Crippen LogP) is 2.71. The first kappa shape index (κ1) is 15.9. The first-order valence-electron chi connectivity index (χ1n) is 6.67. The molecule has 114 valence electrons. The normalized spacial score (nSPS) is 11.0. The molecule has 0 saturated heterocycles. The van der Waals surface area contributed by atoms with Gasteiger partial charge in [-0.25, -0.2) is 4.98 Å². The second-order valence-corrected chi connectivity index (χ2v) is 6.71. The quantitative estimate of drug-likeness (QED) is 0.809. The monoisotopic (exact) mass is 325 g/mol. The number of thiazole rings is 1. The highest BCUT2D eigenvalue weighted by atomic mass is 32.1. The van der Waals surface area contributed by atoms with Gasteiger partial charge in [-0.15, -0.1) is 22.7 Å². The lowest BCUT2D eigenvalue weighted by Gasteiger charge is -2.22. The lowest BCUT2D eigenvalue weighted by atomic mass is 10.4. The van der Waals surface area contributed by atoms with E-state index in [0.29, 0.717) is 6.54 Å². The molecule has 0 aliphatic rings. The number of likely N-dealkylation sites (N-methyl/N-ethyl adjacent to an activating group) is 1. The zero-order valence-electron chi connectivity index (χ0n) is 12.2. The van der Waals surface area contributed by atoms with Gasteiger partial charge in [0.2, 0.25) is 0 Å². The van der Waals surface area contributed by atoms with Crippen molar-refractivity contribution in [3.8, 4) is 10.6 Å². The second kappa shape index (κ2) is 7.53. The van der Waals surface area contributed by atoms with Gasteiger partial charge in [0.15, 0.2) is 5.13 Å². The highest BCUT2D eigenvalue weighted by molar-refractivity contribution is 7.16. The molecule has 0 fully saturated rings. The van der Waals surface area contributed by atoms with Crippen molar-refractivity contribution in [2.45, 2.75) is 6.42 Å². The summed E-state index contributed by atoms with van der Waals surface area (Å²) in [5.41, 5.74) is 0.968. The molecule has 21 heavy (non-hydrogen) atoms. The number of rotatable bonds is 8. The van der Waals surface area contributed by atoms with E-state index < -0.39 is 5.97 Å². The van der Waals surface area contributed by atoms with Gasteiger partial charge in [-0.3, -0.25) is 4.79 Å². The summed E-state index contributed by atoms with van der Waals surface area (Å²) < 4.78 is 0. The lowest BCUT2D eigenvalue weighted by Crippen LogP contribution is -2.33. The number of carboxylic acid groups (broad SMARTS) is 1. The zero-order valence-corrected chi connectivity index (χ0v) is 13.8. The Morgan fingerprint density at radius 2 is 2.10 bits per heavy atom. The van der Waals surface area contributed by atoms with E-state index >= 15 is 0 Å². The minimum Gasteiger partial charge on any atom is -0.481 e. The average molecular weight is 325 g/mol. The molecule has 0 aliphatic heterocycles. The number of hydrogen-bond acceptors (Lipinski definition) is 6. The van der Waals surface area contributed by atoms with Crippen molar-refractivity contribution in [3.63, 3.8) is 0 Å². The molecule has 0 amide bonds. The molecular weight excluding hydrogens is 306 g/mol. The molecule has 2 aromatic heterocycles. The maximum absolute atomic E-state index is 10.8. The van der Waals surface area contributed by atoms with Crippen molar-refractivity contribution >= 4 is 33.8 Å². The topological polar surface area (TPSA) is 56.7 Å². The SMILES string of the molecule is CN(C)CCN(CCC(=O)O)c1nc(-c2cccs2)cs1. The van der Waals surface area contributed by atoms with Crippen LogP contribution in [0.3, 0.4) is 0 Å². The molecule has 0 saturated carbocycles. The van der Waals surface area contributed by atoms with Crippen molar-refractivity contribution in [1.82, 2.24) is 9.88 Å². The Morgan fingerprint density at radius 3 is 2.71 bits per heavy atom. The molecule has 5 nitrogen and oxygen atoms in total. The molecule has 2 heterocycles. The molecule has 0 aliphatic carbocycles. The summed E-state index contributed by atoms with van der Waals surface area (Å²) in [6.07, 6.45) is 0.126. The van der Waals surface area contributed by atoms with Gasteiger partial charge in [0.25, 0.3) is 0 Å². The van der Waals surface area contributed by atoms with E-state index in [-0.39, 0.29) is 6.42 Å². The highest BCUT2D eigenvalue weighted by Crippen LogP contribution is 2.30. The van der Waals surface area contributed by atoms with Crippen molar-refractivity contribution in [1.29, 1.82) is 0 Å². The van der Waals surface area contributed by atoms with Gasteiger partial charge in [-0.2, -0.15) is 0 Å². The Bertz CT molecular complexity index is 567. The highest BCUT2D eigenvalue weighted by Gasteiger charge is 2.14. The summed E-state index contributed by atoms with van der Waals surface area (Å²) in [5.74, 6) is -0.778. The Balaban J connectivity index is 2.09. The minimum absolute atomic E-state index is 0.126. The molecule has 7 heteroatoms. The van der Waals surface area contributed by atoms with Gasteiger partial charge in [0.1, 0.15) is 0 Å². The Hall–Kier alpha value is -1.44. The van der Waals surface area contributed by atoms with Crippen LogP contribution in [0.4, 0.5) is 5.13 Å². The van der Waals surface area contributed by atoms with Gasteiger partial charge >= 0.3 is 5.97 Å². The number of hydrogen-bond donors (Lipinski definition) is 1. The zero-order chi connectivity index (χ0) is 15.2. The average Bonchev–Trinajstić information content (AvgIpc) is 3.08. The van der Waals surface area contributed by atoms with Crippen LogP contribution >= 0.6 is 22.7 Å². The van der Waals surface area contributed by atoms with Crippen molar-refractivity contribution in [2.75, 3.05) is 38.6 Å². The molecule has 0 bridgehead atoms. The van der Waals surface area contributed by atoms with Crippen LogP contribution in [0, 0.1) is 0 Å². The van der Waals surface area contributed by atoms with Crippen molar-refractivity contribution < 1.29 is 9.90 Å². The summed E-state index contributed by atoms with van der Waals surface area (Å²) in [5, 5.41) is 13.8. The van der Waals surface area contributed by atoms with Crippen molar-refractivity contribution in [2.24, 2.45) is 0 Å². The van der Waals surface area contributed by atoms with Crippen LogP contribution in [0.25, 0.3) is 10.6 Å². The third-order valence-corrected chi connectivity index (χ3v) is 4.74. The molecule has 0 radical (unpaired) electrons. The number of aromatic nitrogens is 1. The van der Waals surface area contributed by atoms with E-state index in [2.05, 4.69) is 14.8 Å². The van der Waals surface area contributed by atoms with Crippen LogP contribution in [0.5, 0.6) is 0 Å². The van der Waals surface area contributed by atoms with Crippen LogP contribution < -0.4 is 4.90 Å². The van der Waals surface area contributed by atoms with Crippen molar-refractivity contribution in [3.05, 3.63) is 22.9 Å². The fourth-order valence-electron chi connectivity index (χ4n) is 1.80. The van der Waals surface area contributed by atoms with E-state index in [1.54, 1.807) is 22.7 Å². The Labute approximate surface area is 132 Å². The fraction of sp³-hybridized carbons (Fsp3) is 0.429. The van der Waals surface area contributed by atoms with Gasteiger partial charge < -0.3 is 14.9 Å². The largest absolute Gasteiger partial charge is 0.481 e. The van der Waals surface area contributed by atoms with Gasteiger partial charge in [0.05, 0.1) is 17.0 Å². The van der Waals surface area contributed by atoms with Crippen LogP contribution in [0.2, 0.25) is 0 Å². The molecular formula is C14H19N3O2S2. The number of anilines is 1. The van der Waals surface area contributed by atoms with Crippen LogP contribution in [-0.2, 0) is 4.79 Å². The van der Waals surface area contributed by atoms with Gasteiger partial charge in [-0.1, -0.05) is 6.07 Å². The number of nitrogens with zero attached hydrogens (tertiary/aromatic N) is 3. The third-order valence-electron chi connectivity index (χ3n) is 2.95. The molecule has 1 N–H and O–H groups in total. The molecule has 0 spiro atoms. The van der Waals surface area contributed by atoms with E-state index in [9.17, 15) is 4.79 Å². The molecule has 2 rings (SSSR count). The van der Waals surface area contributed by atoms with Gasteiger partial charge in [-0.05, 0) is 25.5 Å². The molecule has 0 atom stereocenters. The molecule has 0 aromatic carbocycles. The standard InChI is InChI=1S/C14H19N3O2S2/c1-16(2)7-8-17(6-5-13(18)19)14-15-11(10-21-14)12-4-3-9-20-12/h3-4,9-10H,5-8H2,1-2H3,(H,18,19). The minimum atomic E-state index is -0.778. The van der Waals surface area contributed by atoms with Crippen LogP contribution in [-0.4, -0.2) is 54.7 Å². The summed E-state index contributed by atoms with van der Waals surface area (Å²) in [6.45, 7) is 2.13. The van der Waals surface area contributed by atoms with Gasteiger partial charge in [0, 0.05) is 25.0 Å². The first-order chi connectivity index (χ1) is 10.1. The number of carbonyl (C=O) groups is 1. The number of carboxylic acids is 1. The summed E-state index contributed by atoms with van der Waals surface area (Å²) >= 11 is 3.23. The molecule has 2 aromatic rings.